The second kappa shape index (κ2) is 6.31. The Labute approximate surface area is 90.0 Å². The normalized spacial score (nSPS) is 14.8. The number of thioether (sulfide) groups is 1. The minimum Gasteiger partial charge on any atom is -0.159 e. The molecule has 0 aliphatic carbocycles. The van der Waals surface area contributed by atoms with Gasteiger partial charge >= 0.3 is 0 Å². The van der Waals surface area contributed by atoms with Crippen LogP contribution in [-0.4, -0.2) is 16.3 Å². The highest BCUT2D eigenvalue weighted by atomic mass is 79.9. The topological polar surface area (TPSA) is 0 Å². The van der Waals surface area contributed by atoms with Crippen molar-refractivity contribution in [3.8, 4) is 0 Å². The molecule has 1 unspecified atom stereocenters. The van der Waals surface area contributed by atoms with Crippen LogP contribution in [0.1, 0.15) is 40.0 Å². The maximum Gasteiger partial charge on any atom is 0.0100 e. The van der Waals surface area contributed by atoms with Crippen molar-refractivity contribution in [2.24, 2.45) is 5.92 Å². The second-order valence-electron chi connectivity index (χ2n) is 4.12. The van der Waals surface area contributed by atoms with Crippen LogP contribution >= 0.6 is 27.7 Å². The van der Waals surface area contributed by atoms with E-state index in [9.17, 15) is 0 Å². The predicted molar refractivity (Wildman–Crippen MR) is 64.4 cm³/mol. The molecule has 0 amide bonds. The highest BCUT2D eigenvalue weighted by molar-refractivity contribution is 9.09. The fourth-order valence-corrected chi connectivity index (χ4v) is 1.73. The van der Waals surface area contributed by atoms with Crippen LogP contribution in [0.25, 0.3) is 0 Å². The summed E-state index contributed by atoms with van der Waals surface area (Å²) < 4.78 is 0.478. The Bertz CT molecular complexity index is 112. The number of hydrogen-bond acceptors (Lipinski definition) is 1. The largest absolute Gasteiger partial charge is 0.159 e. The molecule has 74 valence electrons. The molecular formula is C10H21BrS. The monoisotopic (exact) mass is 252 g/mol. The Morgan fingerprint density at radius 3 is 2.42 bits per heavy atom. The molecule has 0 saturated heterocycles. The summed E-state index contributed by atoms with van der Waals surface area (Å²) in [5.41, 5.74) is 0. The smallest absolute Gasteiger partial charge is 0.0100 e. The standard InChI is InChI=1S/C10H21BrS/c1-9(8-11)6-5-7-10(2,3)12-4/h9H,5-8H2,1-4H3. The van der Waals surface area contributed by atoms with E-state index >= 15 is 0 Å². The van der Waals surface area contributed by atoms with Gasteiger partial charge in [0.15, 0.2) is 0 Å². The van der Waals surface area contributed by atoms with Gasteiger partial charge in [0.1, 0.15) is 0 Å². The first-order valence-corrected chi connectivity index (χ1v) is 6.97. The van der Waals surface area contributed by atoms with Crippen molar-refractivity contribution in [2.45, 2.75) is 44.8 Å². The Morgan fingerprint density at radius 1 is 1.42 bits per heavy atom. The minimum atomic E-state index is 0.478. The van der Waals surface area contributed by atoms with Crippen molar-refractivity contribution in [3.63, 3.8) is 0 Å². The van der Waals surface area contributed by atoms with Gasteiger partial charge in [0.2, 0.25) is 0 Å². The lowest BCUT2D eigenvalue weighted by atomic mass is 10.0. The molecule has 1 atom stereocenters. The van der Waals surface area contributed by atoms with Gasteiger partial charge in [-0.05, 0) is 25.0 Å². The van der Waals surface area contributed by atoms with Crippen molar-refractivity contribution in [2.75, 3.05) is 11.6 Å². The van der Waals surface area contributed by atoms with Crippen LogP contribution in [0.4, 0.5) is 0 Å². The lowest BCUT2D eigenvalue weighted by molar-refractivity contribution is 0.508. The Kier molecular flexibility index (Phi) is 6.75. The Hall–Kier alpha value is 0.830. The summed E-state index contributed by atoms with van der Waals surface area (Å²) >= 11 is 5.48. The number of hydrogen-bond donors (Lipinski definition) is 0. The number of halogens is 1. The molecule has 0 N–H and O–H groups in total. The SMILES string of the molecule is CSC(C)(C)CCCC(C)CBr. The summed E-state index contributed by atoms with van der Waals surface area (Å²) in [4.78, 5) is 0. The first kappa shape index (κ1) is 12.8. The van der Waals surface area contributed by atoms with Crippen molar-refractivity contribution >= 4 is 27.7 Å². The van der Waals surface area contributed by atoms with Crippen LogP contribution < -0.4 is 0 Å². The molecule has 0 heterocycles. The average Bonchev–Trinajstić information content (AvgIpc) is 2.04. The van der Waals surface area contributed by atoms with E-state index in [2.05, 4.69) is 43.0 Å². The third-order valence-electron chi connectivity index (χ3n) is 2.29. The van der Waals surface area contributed by atoms with Crippen LogP contribution in [0.15, 0.2) is 0 Å². The first-order valence-electron chi connectivity index (χ1n) is 4.63. The first-order chi connectivity index (χ1) is 5.52. The summed E-state index contributed by atoms with van der Waals surface area (Å²) in [5, 5.41) is 1.15. The summed E-state index contributed by atoms with van der Waals surface area (Å²) in [7, 11) is 0. The molecule has 0 aromatic heterocycles. The fourth-order valence-electron chi connectivity index (χ4n) is 1.06. The molecule has 12 heavy (non-hydrogen) atoms. The van der Waals surface area contributed by atoms with Crippen LogP contribution in [0, 0.1) is 5.92 Å². The summed E-state index contributed by atoms with van der Waals surface area (Å²) in [6, 6.07) is 0. The van der Waals surface area contributed by atoms with Crippen LogP contribution in [0.2, 0.25) is 0 Å². The van der Waals surface area contributed by atoms with Gasteiger partial charge in [0, 0.05) is 10.1 Å². The second-order valence-corrected chi connectivity index (χ2v) is 6.28. The zero-order chi connectivity index (χ0) is 9.61. The van der Waals surface area contributed by atoms with Gasteiger partial charge < -0.3 is 0 Å². The van der Waals surface area contributed by atoms with Gasteiger partial charge in [-0.15, -0.1) is 0 Å². The van der Waals surface area contributed by atoms with Gasteiger partial charge in [-0.25, -0.2) is 0 Å². The Balaban J connectivity index is 3.42. The van der Waals surface area contributed by atoms with E-state index in [-0.39, 0.29) is 0 Å². The average molecular weight is 253 g/mol. The van der Waals surface area contributed by atoms with E-state index in [4.69, 9.17) is 0 Å². The highest BCUT2D eigenvalue weighted by Crippen LogP contribution is 2.28. The third-order valence-corrected chi connectivity index (χ3v) is 4.71. The maximum atomic E-state index is 3.51. The Morgan fingerprint density at radius 2 is 2.00 bits per heavy atom. The number of rotatable bonds is 6. The van der Waals surface area contributed by atoms with Gasteiger partial charge in [-0.2, -0.15) is 11.8 Å². The molecule has 0 aromatic rings. The predicted octanol–water partition coefficient (Wildman–Crippen LogP) is 4.33. The molecule has 0 rings (SSSR count). The zero-order valence-corrected chi connectivity index (χ0v) is 11.1. The lowest BCUT2D eigenvalue weighted by Crippen LogP contribution is -2.14. The van der Waals surface area contributed by atoms with E-state index in [1.165, 1.54) is 19.3 Å². The summed E-state index contributed by atoms with van der Waals surface area (Å²) in [5.74, 6) is 0.836. The molecule has 0 fully saturated rings. The molecule has 0 spiro atoms. The molecule has 0 aliphatic heterocycles. The van der Waals surface area contributed by atoms with Crippen molar-refractivity contribution in [1.29, 1.82) is 0 Å². The third kappa shape index (κ3) is 6.36. The van der Waals surface area contributed by atoms with Gasteiger partial charge in [0.25, 0.3) is 0 Å². The molecular weight excluding hydrogens is 232 g/mol. The molecule has 0 radical (unpaired) electrons. The van der Waals surface area contributed by atoms with Gasteiger partial charge in [-0.3, -0.25) is 0 Å². The minimum absolute atomic E-state index is 0.478. The van der Waals surface area contributed by atoms with Crippen LogP contribution in [0.3, 0.4) is 0 Å². The van der Waals surface area contributed by atoms with Crippen LogP contribution in [-0.2, 0) is 0 Å². The van der Waals surface area contributed by atoms with Crippen molar-refractivity contribution in [3.05, 3.63) is 0 Å². The van der Waals surface area contributed by atoms with E-state index in [0.717, 1.165) is 11.2 Å². The molecule has 0 saturated carbocycles. The molecule has 0 aliphatic rings. The summed E-state index contributed by atoms with van der Waals surface area (Å²) in [6.45, 7) is 6.97. The lowest BCUT2D eigenvalue weighted by Gasteiger charge is -2.22. The molecule has 2 heteroatoms. The molecule has 0 bridgehead atoms. The molecule has 0 aromatic carbocycles. The quantitative estimate of drug-likeness (QED) is 0.635. The van der Waals surface area contributed by atoms with Gasteiger partial charge in [-0.1, -0.05) is 43.1 Å². The van der Waals surface area contributed by atoms with E-state index in [1.54, 1.807) is 0 Å². The van der Waals surface area contributed by atoms with E-state index in [0.29, 0.717) is 4.75 Å². The van der Waals surface area contributed by atoms with Crippen molar-refractivity contribution in [1.82, 2.24) is 0 Å². The molecule has 0 nitrogen and oxygen atoms in total. The number of alkyl halides is 1. The highest BCUT2D eigenvalue weighted by Gasteiger charge is 2.15. The van der Waals surface area contributed by atoms with E-state index in [1.807, 2.05) is 11.8 Å². The van der Waals surface area contributed by atoms with Crippen molar-refractivity contribution < 1.29 is 0 Å². The van der Waals surface area contributed by atoms with Gasteiger partial charge in [0.05, 0.1) is 0 Å². The summed E-state index contributed by atoms with van der Waals surface area (Å²) in [6.07, 6.45) is 6.26. The van der Waals surface area contributed by atoms with Crippen LogP contribution in [0.5, 0.6) is 0 Å². The zero-order valence-electron chi connectivity index (χ0n) is 8.69. The fraction of sp³-hybridized carbons (Fsp3) is 1.00. The van der Waals surface area contributed by atoms with E-state index < -0.39 is 0 Å². The maximum absolute atomic E-state index is 3.51.